The highest BCUT2D eigenvalue weighted by molar-refractivity contribution is 5.81. The Kier molecular flexibility index (Phi) is 4.45. The van der Waals surface area contributed by atoms with E-state index in [1.54, 1.807) is 0 Å². The molecule has 0 heterocycles. The van der Waals surface area contributed by atoms with Crippen molar-refractivity contribution in [1.29, 1.82) is 0 Å². The Hall–Kier alpha value is -1.06. The molecule has 0 aliphatic heterocycles. The Labute approximate surface area is 78.3 Å². The molecule has 1 amide bonds. The number of amides is 1. The summed E-state index contributed by atoms with van der Waals surface area (Å²) in [7, 11) is 0. The molecule has 0 aromatic rings. The molecule has 0 fully saturated rings. The first-order chi connectivity index (χ1) is 5.87. The summed E-state index contributed by atoms with van der Waals surface area (Å²) in [6.07, 6.45) is 0.774. The fourth-order valence-electron chi connectivity index (χ4n) is 0.749. The van der Waals surface area contributed by atoms with Crippen LogP contribution in [0.5, 0.6) is 0 Å². The summed E-state index contributed by atoms with van der Waals surface area (Å²) in [5.74, 6) is -1.14. The minimum Gasteiger partial charge on any atom is -0.481 e. The minimum atomic E-state index is -0.940. The normalized spacial score (nSPS) is 11.0. The second kappa shape index (κ2) is 4.84. The van der Waals surface area contributed by atoms with E-state index in [1.807, 2.05) is 20.8 Å². The SMILES string of the molecule is CCC(C)(C)NC(=O)CCC(=O)O. The maximum absolute atomic E-state index is 11.1. The summed E-state index contributed by atoms with van der Waals surface area (Å²) in [6.45, 7) is 5.79. The van der Waals surface area contributed by atoms with Crippen LogP contribution in [0.25, 0.3) is 0 Å². The smallest absolute Gasteiger partial charge is 0.303 e. The number of hydrogen-bond acceptors (Lipinski definition) is 2. The predicted molar refractivity (Wildman–Crippen MR) is 49.4 cm³/mol. The number of carbonyl (C=O) groups excluding carboxylic acids is 1. The minimum absolute atomic E-state index is 0.0543. The molecular formula is C9H17NO3. The van der Waals surface area contributed by atoms with Gasteiger partial charge in [-0.2, -0.15) is 0 Å². The lowest BCUT2D eigenvalue weighted by Crippen LogP contribution is -2.42. The molecule has 0 bridgehead atoms. The lowest BCUT2D eigenvalue weighted by Gasteiger charge is -2.24. The molecule has 0 aliphatic carbocycles. The van der Waals surface area contributed by atoms with Gasteiger partial charge in [-0.1, -0.05) is 6.92 Å². The lowest BCUT2D eigenvalue weighted by molar-refractivity contribution is -0.139. The second-order valence-electron chi connectivity index (χ2n) is 3.68. The van der Waals surface area contributed by atoms with Crippen molar-refractivity contribution in [1.82, 2.24) is 5.32 Å². The van der Waals surface area contributed by atoms with Gasteiger partial charge in [-0.3, -0.25) is 9.59 Å². The summed E-state index contributed by atoms with van der Waals surface area (Å²) >= 11 is 0. The highest BCUT2D eigenvalue weighted by Crippen LogP contribution is 2.07. The van der Waals surface area contributed by atoms with E-state index in [-0.39, 0.29) is 24.3 Å². The van der Waals surface area contributed by atoms with Crippen LogP contribution in [0, 0.1) is 0 Å². The van der Waals surface area contributed by atoms with Gasteiger partial charge >= 0.3 is 5.97 Å². The van der Waals surface area contributed by atoms with Crippen molar-refractivity contribution < 1.29 is 14.7 Å². The summed E-state index contributed by atoms with van der Waals surface area (Å²) < 4.78 is 0. The van der Waals surface area contributed by atoms with Crippen LogP contribution < -0.4 is 5.32 Å². The van der Waals surface area contributed by atoms with Gasteiger partial charge in [0.15, 0.2) is 0 Å². The molecule has 2 N–H and O–H groups in total. The quantitative estimate of drug-likeness (QED) is 0.678. The number of rotatable bonds is 5. The average Bonchev–Trinajstić information content (AvgIpc) is 2.00. The third kappa shape index (κ3) is 6.13. The molecule has 0 unspecified atom stereocenters. The van der Waals surface area contributed by atoms with Gasteiger partial charge in [-0.05, 0) is 20.3 Å². The Morgan fingerprint density at radius 1 is 1.31 bits per heavy atom. The Morgan fingerprint density at radius 2 is 1.85 bits per heavy atom. The molecule has 76 valence electrons. The van der Waals surface area contributed by atoms with Crippen molar-refractivity contribution in [3.8, 4) is 0 Å². The number of carboxylic acids is 1. The molecule has 0 rings (SSSR count). The average molecular weight is 187 g/mol. The van der Waals surface area contributed by atoms with Crippen LogP contribution in [-0.4, -0.2) is 22.5 Å². The van der Waals surface area contributed by atoms with Gasteiger partial charge in [0.2, 0.25) is 5.91 Å². The highest BCUT2D eigenvalue weighted by Gasteiger charge is 2.17. The van der Waals surface area contributed by atoms with E-state index < -0.39 is 5.97 Å². The van der Waals surface area contributed by atoms with E-state index in [1.165, 1.54) is 0 Å². The molecular weight excluding hydrogens is 170 g/mol. The van der Waals surface area contributed by atoms with Crippen LogP contribution >= 0.6 is 0 Å². The van der Waals surface area contributed by atoms with Gasteiger partial charge in [0.1, 0.15) is 0 Å². The van der Waals surface area contributed by atoms with Crippen molar-refractivity contribution >= 4 is 11.9 Å². The third-order valence-electron chi connectivity index (χ3n) is 1.93. The molecule has 0 saturated heterocycles. The summed E-state index contributed by atoms with van der Waals surface area (Å²) in [5, 5.41) is 11.1. The maximum Gasteiger partial charge on any atom is 0.303 e. The van der Waals surface area contributed by atoms with E-state index in [9.17, 15) is 9.59 Å². The van der Waals surface area contributed by atoms with Crippen LogP contribution in [0.3, 0.4) is 0 Å². The van der Waals surface area contributed by atoms with Crippen molar-refractivity contribution in [3.05, 3.63) is 0 Å². The molecule has 0 saturated carbocycles. The summed E-state index contributed by atoms with van der Waals surface area (Å²) in [5.41, 5.74) is -0.240. The topological polar surface area (TPSA) is 66.4 Å². The molecule has 4 nitrogen and oxygen atoms in total. The zero-order valence-electron chi connectivity index (χ0n) is 8.39. The zero-order chi connectivity index (χ0) is 10.5. The van der Waals surface area contributed by atoms with Crippen LogP contribution in [-0.2, 0) is 9.59 Å². The Morgan fingerprint density at radius 3 is 2.23 bits per heavy atom. The van der Waals surface area contributed by atoms with Crippen molar-refractivity contribution in [3.63, 3.8) is 0 Å². The van der Waals surface area contributed by atoms with Gasteiger partial charge in [-0.15, -0.1) is 0 Å². The monoisotopic (exact) mass is 187 g/mol. The fourth-order valence-corrected chi connectivity index (χ4v) is 0.749. The van der Waals surface area contributed by atoms with E-state index in [2.05, 4.69) is 5.32 Å². The number of hydrogen-bond donors (Lipinski definition) is 2. The molecule has 0 aliphatic rings. The highest BCUT2D eigenvalue weighted by atomic mass is 16.4. The molecule has 0 aromatic heterocycles. The number of nitrogens with one attached hydrogen (secondary N) is 1. The van der Waals surface area contributed by atoms with Gasteiger partial charge in [0.05, 0.1) is 6.42 Å². The molecule has 0 spiro atoms. The van der Waals surface area contributed by atoms with Gasteiger partial charge in [0.25, 0.3) is 0 Å². The summed E-state index contributed by atoms with van der Waals surface area (Å²) in [4.78, 5) is 21.3. The Bertz CT molecular complexity index is 199. The first-order valence-corrected chi connectivity index (χ1v) is 4.40. The van der Waals surface area contributed by atoms with E-state index >= 15 is 0 Å². The van der Waals surface area contributed by atoms with E-state index in [0.29, 0.717) is 0 Å². The summed E-state index contributed by atoms with van der Waals surface area (Å²) in [6, 6.07) is 0. The zero-order valence-corrected chi connectivity index (χ0v) is 8.39. The molecule has 13 heavy (non-hydrogen) atoms. The van der Waals surface area contributed by atoms with Gasteiger partial charge in [0, 0.05) is 12.0 Å². The molecule has 0 aromatic carbocycles. The number of carboxylic acid groups (broad SMARTS) is 1. The first-order valence-electron chi connectivity index (χ1n) is 4.40. The second-order valence-corrected chi connectivity index (χ2v) is 3.68. The van der Waals surface area contributed by atoms with Gasteiger partial charge in [-0.25, -0.2) is 0 Å². The van der Waals surface area contributed by atoms with E-state index in [0.717, 1.165) is 6.42 Å². The van der Waals surface area contributed by atoms with Crippen molar-refractivity contribution in [2.24, 2.45) is 0 Å². The molecule has 0 radical (unpaired) electrons. The molecule has 4 heteroatoms. The Balaban J connectivity index is 3.81. The first kappa shape index (κ1) is 11.9. The third-order valence-corrected chi connectivity index (χ3v) is 1.93. The largest absolute Gasteiger partial charge is 0.481 e. The number of carbonyl (C=O) groups is 2. The van der Waals surface area contributed by atoms with Crippen LogP contribution in [0.15, 0.2) is 0 Å². The predicted octanol–water partition coefficient (Wildman–Crippen LogP) is 1.16. The standard InChI is InChI=1S/C9H17NO3/c1-4-9(2,3)10-7(11)5-6-8(12)13/h4-6H2,1-3H3,(H,10,11)(H,12,13). The van der Waals surface area contributed by atoms with Crippen molar-refractivity contribution in [2.75, 3.05) is 0 Å². The van der Waals surface area contributed by atoms with Gasteiger partial charge < -0.3 is 10.4 Å². The van der Waals surface area contributed by atoms with Crippen LogP contribution in [0.1, 0.15) is 40.0 Å². The lowest BCUT2D eigenvalue weighted by atomic mass is 10.0. The number of aliphatic carboxylic acids is 1. The maximum atomic E-state index is 11.1. The van der Waals surface area contributed by atoms with E-state index in [4.69, 9.17) is 5.11 Å². The van der Waals surface area contributed by atoms with Crippen LogP contribution in [0.4, 0.5) is 0 Å². The van der Waals surface area contributed by atoms with Crippen LogP contribution in [0.2, 0.25) is 0 Å². The fraction of sp³-hybridized carbons (Fsp3) is 0.778. The molecule has 0 atom stereocenters. The van der Waals surface area contributed by atoms with Crippen molar-refractivity contribution in [2.45, 2.75) is 45.6 Å².